The normalized spacial score (nSPS) is 14.1. The Morgan fingerprint density at radius 3 is 1.60 bits per heavy atom. The number of allylic oxidation sites excluding steroid dienone is 1. The molecule has 0 aliphatic rings. The van der Waals surface area contributed by atoms with Crippen molar-refractivity contribution in [1.82, 2.24) is 5.32 Å². The smallest absolute Gasteiger partial charge is 0.404 e. The van der Waals surface area contributed by atoms with Crippen LogP contribution < -0.4 is 5.32 Å². The average molecular weight is 408 g/mol. The second kappa shape index (κ2) is 9.47. The van der Waals surface area contributed by atoms with Gasteiger partial charge in [0.05, 0.1) is 0 Å². The Balaban J connectivity index is 5.26. The fraction of sp³-hybridized carbons (Fsp3) is 0.812. The molecule has 6 nitrogen and oxygen atoms in total. The predicted molar refractivity (Wildman–Crippen MR) is 110 cm³/mol. The molecule has 0 aliphatic carbocycles. The van der Waals surface area contributed by atoms with Gasteiger partial charge in [-0.3, -0.25) is 0 Å². The molecule has 0 aliphatic heterocycles. The van der Waals surface area contributed by atoms with E-state index < -0.39 is 37.0 Å². The Morgan fingerprint density at radius 2 is 1.28 bits per heavy atom. The highest BCUT2D eigenvalue weighted by Crippen LogP contribution is 2.33. The highest BCUT2D eigenvalue weighted by molar-refractivity contribution is 6.72. The van der Waals surface area contributed by atoms with Crippen LogP contribution in [-0.2, 0) is 13.3 Å². The maximum atomic E-state index is 10.5. The van der Waals surface area contributed by atoms with E-state index in [1.165, 1.54) is 0 Å². The van der Waals surface area contributed by atoms with Crippen LogP contribution in [0.5, 0.6) is 0 Å². The summed E-state index contributed by atoms with van der Waals surface area (Å²) >= 11 is 0. The Kier molecular flexibility index (Phi) is 9.29. The lowest BCUT2D eigenvalue weighted by Gasteiger charge is -2.45. The van der Waals surface area contributed by atoms with Crippen molar-refractivity contribution < 1.29 is 23.2 Å². The molecule has 148 valence electrons. The van der Waals surface area contributed by atoms with Crippen LogP contribution in [-0.4, -0.2) is 48.7 Å². The topological polar surface area (TPSA) is 77.0 Å². The number of carbonyl (C=O) groups is 1. The number of hydrogen-bond donors (Lipinski definition) is 2. The maximum Gasteiger partial charge on any atom is 0.404 e. The van der Waals surface area contributed by atoms with Crippen molar-refractivity contribution in [2.45, 2.75) is 77.7 Å². The van der Waals surface area contributed by atoms with Crippen LogP contribution in [0.1, 0.15) is 12.8 Å². The fourth-order valence-corrected chi connectivity index (χ4v) is 5.83. The average Bonchev–Trinajstić information content (AvgIpc) is 2.25. The zero-order valence-electron chi connectivity index (χ0n) is 17.4. The number of nitrogens with one attached hydrogen (secondary N) is 1. The molecule has 0 bridgehead atoms. The fourth-order valence-electron chi connectivity index (χ4n) is 2.22. The van der Waals surface area contributed by atoms with Gasteiger partial charge >= 0.3 is 6.09 Å². The van der Waals surface area contributed by atoms with Crippen molar-refractivity contribution in [2.75, 3.05) is 6.54 Å². The van der Waals surface area contributed by atoms with Gasteiger partial charge in [-0.1, -0.05) is 12.2 Å². The molecular formula is C16H37NO5Si3. The van der Waals surface area contributed by atoms with E-state index in [1.54, 1.807) is 6.08 Å². The van der Waals surface area contributed by atoms with Gasteiger partial charge < -0.3 is 23.7 Å². The van der Waals surface area contributed by atoms with Crippen LogP contribution in [0.2, 0.25) is 58.9 Å². The van der Waals surface area contributed by atoms with E-state index in [-0.39, 0.29) is 0 Å². The second-order valence-electron chi connectivity index (χ2n) is 9.02. The molecule has 0 heterocycles. The molecule has 0 saturated heterocycles. The second-order valence-corrected chi connectivity index (χ2v) is 22.3. The van der Waals surface area contributed by atoms with Crippen LogP contribution in [0.3, 0.4) is 0 Å². The van der Waals surface area contributed by atoms with Gasteiger partial charge in [0.15, 0.2) is 25.0 Å². The van der Waals surface area contributed by atoms with E-state index >= 15 is 0 Å². The van der Waals surface area contributed by atoms with Gasteiger partial charge in [0.25, 0.3) is 5.97 Å². The van der Waals surface area contributed by atoms with Crippen molar-refractivity contribution in [1.29, 1.82) is 0 Å². The van der Waals surface area contributed by atoms with E-state index in [4.69, 9.17) is 18.4 Å². The summed E-state index contributed by atoms with van der Waals surface area (Å²) in [5.74, 6) is -1.01. The third kappa shape index (κ3) is 14.4. The molecule has 2 N–H and O–H groups in total. The largest absolute Gasteiger partial charge is 0.465 e. The third-order valence-corrected chi connectivity index (χ3v) is 5.31. The zero-order valence-corrected chi connectivity index (χ0v) is 20.4. The highest BCUT2D eigenvalue weighted by atomic mass is 28.4. The van der Waals surface area contributed by atoms with Crippen molar-refractivity contribution >= 4 is 31.0 Å². The van der Waals surface area contributed by atoms with E-state index in [1.807, 2.05) is 6.08 Å². The third-order valence-electron chi connectivity index (χ3n) is 2.54. The van der Waals surface area contributed by atoms with Crippen LogP contribution in [0.15, 0.2) is 12.2 Å². The first-order chi connectivity index (χ1) is 11.0. The first kappa shape index (κ1) is 24.5. The van der Waals surface area contributed by atoms with E-state index in [0.29, 0.717) is 19.4 Å². The molecule has 0 unspecified atom stereocenters. The van der Waals surface area contributed by atoms with Crippen molar-refractivity contribution in [3.05, 3.63) is 12.2 Å². The first-order valence-corrected chi connectivity index (χ1v) is 19.0. The summed E-state index contributed by atoms with van der Waals surface area (Å²) in [5, 5.41) is 10.9. The molecule has 0 aromatic carbocycles. The minimum atomic E-state index is -1.90. The van der Waals surface area contributed by atoms with Crippen molar-refractivity contribution in [3.8, 4) is 0 Å². The number of hydrogen-bond acceptors (Lipinski definition) is 4. The van der Waals surface area contributed by atoms with Crippen LogP contribution in [0, 0.1) is 0 Å². The molecule has 0 fully saturated rings. The summed E-state index contributed by atoms with van der Waals surface area (Å²) in [6.45, 7) is 19.5. The van der Waals surface area contributed by atoms with Gasteiger partial charge in [-0.05, 0) is 65.3 Å². The minimum Gasteiger partial charge on any atom is -0.465 e. The molecule has 0 atom stereocenters. The molecule has 0 saturated carbocycles. The van der Waals surface area contributed by atoms with E-state index in [9.17, 15) is 4.79 Å². The van der Waals surface area contributed by atoms with Crippen LogP contribution in [0.4, 0.5) is 4.79 Å². The molecule has 9 heteroatoms. The van der Waals surface area contributed by atoms with Gasteiger partial charge in [0.2, 0.25) is 0 Å². The Labute approximate surface area is 156 Å². The van der Waals surface area contributed by atoms with Crippen LogP contribution in [0.25, 0.3) is 0 Å². The highest BCUT2D eigenvalue weighted by Gasteiger charge is 2.44. The maximum absolute atomic E-state index is 10.5. The minimum absolute atomic E-state index is 0.293. The van der Waals surface area contributed by atoms with Gasteiger partial charge in [0, 0.05) is 13.0 Å². The molecule has 0 aromatic heterocycles. The Hall–Kier alpha value is -0.459. The molecule has 0 aromatic rings. The Morgan fingerprint density at radius 1 is 0.880 bits per heavy atom. The summed E-state index contributed by atoms with van der Waals surface area (Å²) < 4.78 is 19.3. The molecule has 0 radical (unpaired) electrons. The number of carboxylic acid groups (broad SMARTS) is 1. The summed E-state index contributed by atoms with van der Waals surface area (Å²) in [7, 11) is -5.71. The number of amides is 1. The molecular weight excluding hydrogens is 370 g/mol. The number of rotatable bonds is 11. The van der Waals surface area contributed by atoms with Crippen molar-refractivity contribution in [3.63, 3.8) is 0 Å². The quantitative estimate of drug-likeness (QED) is 0.292. The monoisotopic (exact) mass is 407 g/mol. The van der Waals surface area contributed by atoms with E-state index in [0.717, 1.165) is 0 Å². The zero-order chi connectivity index (χ0) is 19.9. The molecule has 0 spiro atoms. The summed E-state index contributed by atoms with van der Waals surface area (Å²) in [5.41, 5.74) is 0. The SMILES string of the molecule is C[Si](C)(C)OC(CCC=CCNC(=O)O)(O[Si](C)(C)C)O[Si](C)(C)C. The lowest BCUT2D eigenvalue weighted by atomic mass is 10.2. The first-order valence-electron chi connectivity index (χ1n) is 8.76. The molecule has 1 amide bonds. The summed E-state index contributed by atoms with van der Waals surface area (Å²) in [6.07, 6.45) is 4.01. The van der Waals surface area contributed by atoms with Crippen molar-refractivity contribution in [2.24, 2.45) is 0 Å². The van der Waals surface area contributed by atoms with E-state index in [2.05, 4.69) is 64.2 Å². The molecule has 25 heavy (non-hydrogen) atoms. The van der Waals surface area contributed by atoms with Gasteiger partial charge in [-0.15, -0.1) is 0 Å². The van der Waals surface area contributed by atoms with Gasteiger partial charge in [-0.25, -0.2) is 4.79 Å². The van der Waals surface area contributed by atoms with Gasteiger partial charge in [0.1, 0.15) is 0 Å². The lowest BCUT2D eigenvalue weighted by molar-refractivity contribution is -0.273. The Bertz CT molecular complexity index is 409. The standard InChI is InChI=1S/C16H37NO5Si3/c1-23(2,3)20-16(21-24(4,5)6,22-25(7,8)9)13-11-10-12-14-17-15(18)19/h10,12,17H,11,13-14H2,1-9H3,(H,18,19). The van der Waals surface area contributed by atoms with Crippen LogP contribution >= 0.6 is 0 Å². The summed E-state index contributed by atoms with van der Waals surface area (Å²) in [6, 6.07) is 0. The summed E-state index contributed by atoms with van der Waals surface area (Å²) in [4.78, 5) is 10.5. The van der Waals surface area contributed by atoms with Gasteiger partial charge in [-0.2, -0.15) is 0 Å². The predicted octanol–water partition coefficient (Wildman–Crippen LogP) is 4.80. The molecule has 0 rings (SSSR count). The lowest BCUT2D eigenvalue weighted by Crippen LogP contribution is -2.55.